The lowest BCUT2D eigenvalue weighted by Crippen LogP contribution is -2.19. The maximum atomic E-state index is 13.6. The monoisotopic (exact) mass is 385 g/mol. The summed E-state index contributed by atoms with van der Waals surface area (Å²) in [6.07, 6.45) is 0. The molecule has 1 atom stereocenters. The first-order chi connectivity index (χ1) is 13.1. The topological polar surface area (TPSA) is 38.3 Å². The Labute approximate surface area is 160 Å². The summed E-state index contributed by atoms with van der Waals surface area (Å²) in [5.41, 5.74) is 1.35. The van der Waals surface area contributed by atoms with Gasteiger partial charge in [0.1, 0.15) is 11.0 Å². The number of halogens is 2. The van der Waals surface area contributed by atoms with Crippen molar-refractivity contribution in [3.05, 3.63) is 90.0 Å². The Morgan fingerprint density at radius 2 is 1.74 bits per heavy atom. The average Bonchev–Trinajstić information content (AvgIpc) is 2.69. The Morgan fingerprint density at radius 1 is 0.963 bits per heavy atom. The molecule has 0 fully saturated rings. The highest BCUT2D eigenvalue weighted by Gasteiger charge is 2.23. The minimum Gasteiger partial charge on any atom is -0.497 e. The van der Waals surface area contributed by atoms with Crippen molar-refractivity contribution in [2.45, 2.75) is 10.1 Å². The van der Waals surface area contributed by atoms with Gasteiger partial charge in [0.2, 0.25) is 5.91 Å². The summed E-state index contributed by atoms with van der Waals surface area (Å²) in [7, 11) is 1.55. The first-order valence-corrected chi connectivity index (χ1v) is 9.06. The van der Waals surface area contributed by atoms with E-state index in [2.05, 4.69) is 5.32 Å². The fourth-order valence-corrected chi connectivity index (χ4v) is 3.55. The Morgan fingerprint density at radius 3 is 2.44 bits per heavy atom. The van der Waals surface area contributed by atoms with Crippen LogP contribution >= 0.6 is 11.8 Å². The van der Waals surface area contributed by atoms with Gasteiger partial charge in [0, 0.05) is 16.6 Å². The lowest BCUT2D eigenvalue weighted by molar-refractivity contribution is -0.115. The van der Waals surface area contributed by atoms with E-state index in [1.165, 1.54) is 6.07 Å². The quantitative estimate of drug-likeness (QED) is 0.574. The average molecular weight is 385 g/mol. The number of carbonyl (C=O) groups is 1. The number of thioether (sulfide) groups is 1. The Hall–Kier alpha value is -2.86. The van der Waals surface area contributed by atoms with Gasteiger partial charge < -0.3 is 10.1 Å². The van der Waals surface area contributed by atoms with Gasteiger partial charge in [-0.25, -0.2) is 8.78 Å². The SMILES string of the molecule is COc1cccc(NC(=O)[C@@H](Sc2ccc(F)c(F)c2)c2ccccc2)c1. The van der Waals surface area contributed by atoms with E-state index in [0.29, 0.717) is 16.3 Å². The summed E-state index contributed by atoms with van der Waals surface area (Å²) in [6, 6.07) is 19.8. The number of carbonyl (C=O) groups excluding carboxylic acids is 1. The zero-order valence-electron chi connectivity index (χ0n) is 14.5. The molecular weight excluding hydrogens is 368 g/mol. The van der Waals surface area contributed by atoms with Crippen LogP contribution in [0.2, 0.25) is 0 Å². The molecule has 0 heterocycles. The second kappa shape index (κ2) is 8.68. The summed E-state index contributed by atoms with van der Waals surface area (Å²) in [4.78, 5) is 13.4. The van der Waals surface area contributed by atoms with E-state index in [0.717, 1.165) is 29.5 Å². The van der Waals surface area contributed by atoms with Gasteiger partial charge in [-0.05, 0) is 35.9 Å². The predicted molar refractivity (Wildman–Crippen MR) is 103 cm³/mol. The summed E-state index contributed by atoms with van der Waals surface area (Å²) in [5.74, 6) is -1.52. The molecule has 3 aromatic rings. The third-order valence-corrected chi connectivity index (χ3v) is 5.07. The molecule has 0 aliphatic rings. The van der Waals surface area contributed by atoms with E-state index in [9.17, 15) is 13.6 Å². The maximum absolute atomic E-state index is 13.6. The molecule has 27 heavy (non-hydrogen) atoms. The molecule has 1 amide bonds. The number of hydrogen-bond donors (Lipinski definition) is 1. The normalized spacial score (nSPS) is 11.7. The van der Waals surface area contributed by atoms with Crippen LogP contribution in [0.4, 0.5) is 14.5 Å². The zero-order chi connectivity index (χ0) is 19.2. The largest absolute Gasteiger partial charge is 0.497 e. The lowest BCUT2D eigenvalue weighted by Gasteiger charge is -2.17. The highest BCUT2D eigenvalue weighted by Crippen LogP contribution is 2.37. The van der Waals surface area contributed by atoms with Crippen molar-refractivity contribution in [3.63, 3.8) is 0 Å². The standard InChI is InChI=1S/C21H17F2NO2S/c1-26-16-9-5-8-15(12-16)24-21(25)20(14-6-3-2-4-7-14)27-17-10-11-18(22)19(23)13-17/h2-13,20H,1H3,(H,24,25)/t20-/m0/s1. The molecule has 0 unspecified atom stereocenters. The minimum absolute atomic E-state index is 0.274. The Balaban J connectivity index is 1.87. The third kappa shape index (κ3) is 4.86. The van der Waals surface area contributed by atoms with E-state index < -0.39 is 16.9 Å². The number of benzene rings is 3. The smallest absolute Gasteiger partial charge is 0.242 e. The van der Waals surface area contributed by atoms with E-state index in [1.54, 1.807) is 31.4 Å². The Bertz CT molecular complexity index is 934. The molecule has 6 heteroatoms. The van der Waals surface area contributed by atoms with Crippen LogP contribution in [0.15, 0.2) is 77.7 Å². The van der Waals surface area contributed by atoms with Crippen molar-refractivity contribution in [1.82, 2.24) is 0 Å². The Kier molecular flexibility index (Phi) is 6.08. The number of ether oxygens (including phenoxy) is 1. The number of rotatable bonds is 6. The van der Waals surface area contributed by atoms with Gasteiger partial charge in [0.15, 0.2) is 11.6 Å². The first kappa shape index (κ1) is 18.9. The molecule has 138 valence electrons. The van der Waals surface area contributed by atoms with Crippen LogP contribution in [0.3, 0.4) is 0 Å². The van der Waals surface area contributed by atoms with Crippen molar-refractivity contribution >= 4 is 23.4 Å². The first-order valence-electron chi connectivity index (χ1n) is 8.18. The fourth-order valence-electron chi connectivity index (χ4n) is 2.50. The minimum atomic E-state index is -0.944. The van der Waals surface area contributed by atoms with Crippen molar-refractivity contribution in [1.29, 1.82) is 0 Å². The van der Waals surface area contributed by atoms with Gasteiger partial charge in [-0.15, -0.1) is 11.8 Å². The van der Waals surface area contributed by atoms with Gasteiger partial charge in [-0.1, -0.05) is 36.4 Å². The lowest BCUT2D eigenvalue weighted by atomic mass is 10.1. The van der Waals surface area contributed by atoms with Crippen LogP contribution in [-0.4, -0.2) is 13.0 Å². The molecule has 0 bridgehead atoms. The maximum Gasteiger partial charge on any atom is 0.242 e. The summed E-state index contributed by atoms with van der Waals surface area (Å²) < 4.78 is 31.9. The van der Waals surface area contributed by atoms with E-state index >= 15 is 0 Å². The van der Waals surface area contributed by atoms with Crippen LogP contribution in [0.1, 0.15) is 10.8 Å². The molecule has 0 radical (unpaired) electrons. The van der Waals surface area contributed by atoms with Crippen molar-refractivity contribution in [3.8, 4) is 5.75 Å². The molecule has 3 nitrogen and oxygen atoms in total. The van der Waals surface area contributed by atoms with Crippen LogP contribution in [0, 0.1) is 11.6 Å². The fraction of sp³-hybridized carbons (Fsp3) is 0.0952. The summed E-state index contributed by atoms with van der Waals surface area (Å²) in [6.45, 7) is 0. The third-order valence-electron chi connectivity index (χ3n) is 3.82. The predicted octanol–water partition coefficient (Wildman–Crippen LogP) is 5.45. The summed E-state index contributed by atoms with van der Waals surface area (Å²) >= 11 is 1.15. The number of nitrogens with one attached hydrogen (secondary N) is 1. The zero-order valence-corrected chi connectivity index (χ0v) is 15.3. The highest BCUT2D eigenvalue weighted by molar-refractivity contribution is 8.00. The van der Waals surface area contributed by atoms with E-state index in [-0.39, 0.29) is 5.91 Å². The van der Waals surface area contributed by atoms with Gasteiger partial charge in [-0.2, -0.15) is 0 Å². The second-order valence-electron chi connectivity index (χ2n) is 5.71. The molecule has 0 aromatic heterocycles. The van der Waals surface area contributed by atoms with Crippen molar-refractivity contribution in [2.75, 3.05) is 12.4 Å². The number of hydrogen-bond acceptors (Lipinski definition) is 3. The molecule has 1 N–H and O–H groups in total. The van der Waals surface area contributed by atoms with Crippen LogP contribution in [0.5, 0.6) is 5.75 Å². The van der Waals surface area contributed by atoms with Crippen LogP contribution in [0.25, 0.3) is 0 Å². The second-order valence-corrected chi connectivity index (χ2v) is 6.88. The van der Waals surface area contributed by atoms with Gasteiger partial charge in [0.05, 0.1) is 7.11 Å². The number of methoxy groups -OCH3 is 1. The molecule has 0 saturated carbocycles. The number of anilines is 1. The van der Waals surface area contributed by atoms with Gasteiger partial charge in [-0.3, -0.25) is 4.79 Å². The van der Waals surface area contributed by atoms with Crippen molar-refractivity contribution in [2.24, 2.45) is 0 Å². The molecular formula is C21H17F2NO2S. The van der Waals surface area contributed by atoms with Crippen molar-refractivity contribution < 1.29 is 18.3 Å². The molecule has 0 aliphatic heterocycles. The molecule has 3 rings (SSSR count). The molecule has 0 saturated heterocycles. The summed E-state index contributed by atoms with van der Waals surface area (Å²) in [5, 5.41) is 2.22. The van der Waals surface area contributed by atoms with E-state index in [1.807, 2.05) is 30.3 Å². The number of amides is 1. The van der Waals surface area contributed by atoms with E-state index in [4.69, 9.17) is 4.74 Å². The molecule has 0 spiro atoms. The van der Waals surface area contributed by atoms with Gasteiger partial charge >= 0.3 is 0 Å². The van der Waals surface area contributed by atoms with Crippen LogP contribution < -0.4 is 10.1 Å². The van der Waals surface area contributed by atoms with Crippen LogP contribution in [-0.2, 0) is 4.79 Å². The van der Waals surface area contributed by atoms with Gasteiger partial charge in [0.25, 0.3) is 0 Å². The highest BCUT2D eigenvalue weighted by atomic mass is 32.2. The molecule has 0 aliphatic carbocycles. The molecule has 3 aromatic carbocycles.